The highest BCUT2D eigenvalue weighted by Crippen LogP contribution is 2.22. The van der Waals surface area contributed by atoms with Gasteiger partial charge in [0, 0.05) is 12.4 Å². The summed E-state index contributed by atoms with van der Waals surface area (Å²) in [6.45, 7) is 1.31. The Hall–Kier alpha value is -0.610. The molecule has 3 nitrogen and oxygen atoms in total. The van der Waals surface area contributed by atoms with Gasteiger partial charge in [0.25, 0.3) is 0 Å². The van der Waals surface area contributed by atoms with Crippen LogP contribution in [0.5, 0.6) is 5.75 Å². The van der Waals surface area contributed by atoms with Crippen molar-refractivity contribution in [3.63, 3.8) is 0 Å². The second-order valence-corrected chi connectivity index (χ2v) is 3.15. The lowest BCUT2D eigenvalue weighted by atomic mass is 10.4. The molecular formula is C8H11BrN2O. The van der Waals surface area contributed by atoms with Gasteiger partial charge in [-0.2, -0.15) is 0 Å². The van der Waals surface area contributed by atoms with Gasteiger partial charge in [0.05, 0.1) is 11.1 Å². The second-order valence-electron chi connectivity index (χ2n) is 2.30. The van der Waals surface area contributed by atoms with Crippen molar-refractivity contribution < 1.29 is 4.74 Å². The molecule has 0 aliphatic heterocycles. The minimum absolute atomic E-state index is 0.652. The van der Waals surface area contributed by atoms with E-state index in [1.807, 2.05) is 6.07 Å². The van der Waals surface area contributed by atoms with Crippen LogP contribution in [0.25, 0.3) is 0 Å². The van der Waals surface area contributed by atoms with E-state index in [-0.39, 0.29) is 0 Å². The molecule has 12 heavy (non-hydrogen) atoms. The molecule has 0 aliphatic rings. The molecule has 0 saturated heterocycles. The predicted octanol–water partition coefficient (Wildman–Crippen LogP) is 1.57. The number of rotatable bonds is 4. The van der Waals surface area contributed by atoms with Gasteiger partial charge < -0.3 is 10.5 Å². The van der Waals surface area contributed by atoms with E-state index in [1.54, 1.807) is 12.4 Å². The van der Waals surface area contributed by atoms with Crippen molar-refractivity contribution in [2.24, 2.45) is 5.73 Å². The summed E-state index contributed by atoms with van der Waals surface area (Å²) in [7, 11) is 0. The molecular weight excluding hydrogens is 220 g/mol. The molecule has 0 unspecified atom stereocenters. The third-order valence-corrected chi connectivity index (χ3v) is 1.94. The summed E-state index contributed by atoms with van der Waals surface area (Å²) in [5, 5.41) is 0. The summed E-state index contributed by atoms with van der Waals surface area (Å²) in [5.74, 6) is 0.818. The van der Waals surface area contributed by atoms with E-state index in [9.17, 15) is 0 Å². The van der Waals surface area contributed by atoms with E-state index in [2.05, 4.69) is 20.9 Å². The van der Waals surface area contributed by atoms with Crippen LogP contribution in [0, 0.1) is 0 Å². The fourth-order valence-electron chi connectivity index (χ4n) is 0.745. The van der Waals surface area contributed by atoms with E-state index >= 15 is 0 Å². The molecule has 0 aliphatic carbocycles. The van der Waals surface area contributed by atoms with Crippen LogP contribution in [0.3, 0.4) is 0 Å². The third-order valence-electron chi connectivity index (χ3n) is 1.34. The van der Waals surface area contributed by atoms with Gasteiger partial charge in [-0.3, -0.25) is 4.98 Å². The zero-order chi connectivity index (χ0) is 8.81. The normalized spacial score (nSPS) is 9.83. The first-order valence-corrected chi connectivity index (χ1v) is 4.56. The predicted molar refractivity (Wildman–Crippen MR) is 51.1 cm³/mol. The van der Waals surface area contributed by atoms with Gasteiger partial charge in [-0.25, -0.2) is 0 Å². The Morgan fingerprint density at radius 1 is 1.58 bits per heavy atom. The zero-order valence-electron chi connectivity index (χ0n) is 6.66. The van der Waals surface area contributed by atoms with Crippen LogP contribution in [0.15, 0.2) is 22.9 Å². The van der Waals surface area contributed by atoms with Gasteiger partial charge in [0.1, 0.15) is 5.75 Å². The van der Waals surface area contributed by atoms with E-state index in [1.165, 1.54) is 0 Å². The molecule has 0 spiro atoms. The Bertz CT molecular complexity index is 242. The van der Waals surface area contributed by atoms with Crippen LogP contribution < -0.4 is 10.5 Å². The highest BCUT2D eigenvalue weighted by Gasteiger charge is 1.97. The molecule has 1 aromatic rings. The molecule has 0 aromatic carbocycles. The molecule has 1 aromatic heterocycles. The van der Waals surface area contributed by atoms with Crippen molar-refractivity contribution in [1.29, 1.82) is 0 Å². The summed E-state index contributed by atoms with van der Waals surface area (Å²) in [4.78, 5) is 3.92. The zero-order valence-corrected chi connectivity index (χ0v) is 8.25. The molecule has 0 bridgehead atoms. The van der Waals surface area contributed by atoms with Crippen LogP contribution in [-0.2, 0) is 0 Å². The highest BCUT2D eigenvalue weighted by atomic mass is 79.9. The molecule has 0 saturated carbocycles. The van der Waals surface area contributed by atoms with E-state index < -0.39 is 0 Å². The van der Waals surface area contributed by atoms with Crippen molar-refractivity contribution in [2.75, 3.05) is 13.2 Å². The van der Waals surface area contributed by atoms with Crippen LogP contribution in [-0.4, -0.2) is 18.1 Å². The van der Waals surface area contributed by atoms with Gasteiger partial charge in [-0.05, 0) is 35.0 Å². The van der Waals surface area contributed by atoms with Crippen LogP contribution in [0.2, 0.25) is 0 Å². The number of ether oxygens (including phenoxy) is 1. The van der Waals surface area contributed by atoms with Crippen molar-refractivity contribution >= 4 is 15.9 Å². The maximum atomic E-state index is 5.41. The lowest BCUT2D eigenvalue weighted by molar-refractivity contribution is 0.311. The van der Waals surface area contributed by atoms with E-state index in [0.29, 0.717) is 13.2 Å². The largest absolute Gasteiger partial charge is 0.492 e. The Morgan fingerprint density at radius 2 is 2.42 bits per heavy atom. The van der Waals surface area contributed by atoms with Gasteiger partial charge in [0.15, 0.2) is 0 Å². The van der Waals surface area contributed by atoms with Crippen LogP contribution in [0.1, 0.15) is 6.42 Å². The maximum absolute atomic E-state index is 5.41. The maximum Gasteiger partial charge on any atom is 0.136 e. The lowest BCUT2D eigenvalue weighted by Crippen LogP contribution is -2.06. The summed E-state index contributed by atoms with van der Waals surface area (Å²) >= 11 is 3.33. The third kappa shape index (κ3) is 2.79. The minimum Gasteiger partial charge on any atom is -0.492 e. The number of halogens is 1. The van der Waals surface area contributed by atoms with Gasteiger partial charge in [-0.15, -0.1) is 0 Å². The minimum atomic E-state index is 0.652. The standard InChI is InChI=1S/C8H11BrN2O/c9-7-6-11-4-2-8(7)12-5-1-3-10/h2,4,6H,1,3,5,10H2. The SMILES string of the molecule is NCCCOc1ccncc1Br. The summed E-state index contributed by atoms with van der Waals surface area (Å²) < 4.78 is 6.29. The summed E-state index contributed by atoms with van der Waals surface area (Å²) in [6.07, 6.45) is 4.27. The number of aromatic nitrogens is 1. The van der Waals surface area contributed by atoms with Gasteiger partial charge in [0.2, 0.25) is 0 Å². The number of nitrogens with two attached hydrogens (primary N) is 1. The molecule has 1 rings (SSSR count). The van der Waals surface area contributed by atoms with Crippen LogP contribution in [0.4, 0.5) is 0 Å². The molecule has 0 fully saturated rings. The Labute approximate surface area is 80.1 Å². The Balaban J connectivity index is 2.46. The molecule has 1 heterocycles. The quantitative estimate of drug-likeness (QED) is 0.800. The molecule has 0 radical (unpaired) electrons. The molecule has 2 N–H and O–H groups in total. The van der Waals surface area contributed by atoms with Gasteiger partial charge >= 0.3 is 0 Å². The number of nitrogens with zero attached hydrogens (tertiary/aromatic N) is 1. The first-order valence-electron chi connectivity index (χ1n) is 3.77. The average Bonchev–Trinajstić information content (AvgIpc) is 2.09. The molecule has 0 amide bonds. The topological polar surface area (TPSA) is 48.1 Å². The number of pyridine rings is 1. The molecule has 4 heteroatoms. The number of hydrogen-bond acceptors (Lipinski definition) is 3. The van der Waals surface area contributed by atoms with Gasteiger partial charge in [-0.1, -0.05) is 0 Å². The first kappa shape index (κ1) is 9.48. The molecule has 0 atom stereocenters. The van der Waals surface area contributed by atoms with E-state index in [0.717, 1.165) is 16.6 Å². The second kappa shape index (κ2) is 5.11. The molecule has 66 valence electrons. The Kier molecular flexibility index (Phi) is 4.04. The Morgan fingerprint density at radius 3 is 3.08 bits per heavy atom. The smallest absolute Gasteiger partial charge is 0.136 e. The summed E-state index contributed by atoms with van der Waals surface area (Å²) in [5.41, 5.74) is 5.33. The fourth-order valence-corrected chi connectivity index (χ4v) is 1.11. The van der Waals surface area contributed by atoms with Crippen molar-refractivity contribution in [2.45, 2.75) is 6.42 Å². The number of hydrogen-bond donors (Lipinski definition) is 1. The van der Waals surface area contributed by atoms with E-state index in [4.69, 9.17) is 10.5 Å². The summed E-state index contributed by atoms with van der Waals surface area (Å²) in [6, 6.07) is 1.82. The van der Waals surface area contributed by atoms with Crippen molar-refractivity contribution in [1.82, 2.24) is 4.98 Å². The first-order chi connectivity index (χ1) is 5.84. The van der Waals surface area contributed by atoms with Crippen molar-refractivity contribution in [3.8, 4) is 5.75 Å². The average molecular weight is 231 g/mol. The lowest BCUT2D eigenvalue weighted by Gasteiger charge is -2.05. The fraction of sp³-hybridized carbons (Fsp3) is 0.375. The monoisotopic (exact) mass is 230 g/mol. The van der Waals surface area contributed by atoms with Crippen LogP contribution >= 0.6 is 15.9 Å². The highest BCUT2D eigenvalue weighted by molar-refractivity contribution is 9.10. The van der Waals surface area contributed by atoms with Crippen molar-refractivity contribution in [3.05, 3.63) is 22.9 Å².